The first kappa shape index (κ1) is 15.3. The molecule has 0 bridgehead atoms. The Kier molecular flexibility index (Phi) is 5.05. The third-order valence-corrected chi connectivity index (χ3v) is 4.30. The zero-order valence-electron chi connectivity index (χ0n) is 11.1. The summed E-state index contributed by atoms with van der Waals surface area (Å²) in [6, 6.07) is 8.61. The first-order valence-corrected chi connectivity index (χ1v) is 7.62. The van der Waals surface area contributed by atoms with Crippen molar-refractivity contribution in [3.63, 3.8) is 0 Å². The highest BCUT2D eigenvalue weighted by atomic mass is 79.9. The second kappa shape index (κ2) is 6.59. The number of halogens is 3. The molecule has 5 heteroatoms. The topological polar surface area (TPSA) is 21.3 Å². The summed E-state index contributed by atoms with van der Waals surface area (Å²) in [7, 11) is 1.62. The largest absolute Gasteiger partial charge is 0.495 e. The van der Waals surface area contributed by atoms with E-state index in [0.717, 1.165) is 31.5 Å². The number of benzene rings is 2. The maximum atomic E-state index is 13.3. The van der Waals surface area contributed by atoms with Crippen LogP contribution in [-0.2, 0) is 6.54 Å². The lowest BCUT2D eigenvalue weighted by Gasteiger charge is -2.13. The molecule has 2 rings (SSSR count). The predicted octanol–water partition coefficient (Wildman–Crippen LogP) is 5.28. The molecular formula is C15H14Br2FNO. The van der Waals surface area contributed by atoms with E-state index in [-0.39, 0.29) is 5.82 Å². The number of rotatable bonds is 4. The fourth-order valence-electron chi connectivity index (χ4n) is 1.84. The smallest absolute Gasteiger partial charge is 0.135 e. The molecule has 0 atom stereocenters. The van der Waals surface area contributed by atoms with Crippen molar-refractivity contribution < 1.29 is 9.13 Å². The molecule has 0 fully saturated rings. The summed E-state index contributed by atoms with van der Waals surface area (Å²) in [4.78, 5) is 0. The van der Waals surface area contributed by atoms with Crippen LogP contribution in [0.1, 0.15) is 11.1 Å². The molecule has 106 valence electrons. The summed E-state index contributed by atoms with van der Waals surface area (Å²) < 4.78 is 20.3. The summed E-state index contributed by atoms with van der Waals surface area (Å²) in [5.41, 5.74) is 2.88. The van der Waals surface area contributed by atoms with Gasteiger partial charge in [0.15, 0.2) is 0 Å². The number of nitrogens with one attached hydrogen (secondary N) is 1. The Morgan fingerprint density at radius 2 is 1.90 bits per heavy atom. The SMILES string of the molecule is COc1cc(NCc2cc(F)ccc2C)c(Br)cc1Br. The van der Waals surface area contributed by atoms with E-state index in [9.17, 15) is 4.39 Å². The Morgan fingerprint density at radius 1 is 1.15 bits per heavy atom. The molecular weight excluding hydrogens is 389 g/mol. The molecule has 0 amide bonds. The quantitative estimate of drug-likeness (QED) is 0.751. The molecule has 0 aliphatic heterocycles. The van der Waals surface area contributed by atoms with Crippen molar-refractivity contribution in [1.29, 1.82) is 0 Å². The average molecular weight is 403 g/mol. The molecule has 2 nitrogen and oxygen atoms in total. The van der Waals surface area contributed by atoms with Gasteiger partial charge in [-0.25, -0.2) is 4.39 Å². The van der Waals surface area contributed by atoms with Crippen LogP contribution < -0.4 is 10.1 Å². The van der Waals surface area contributed by atoms with Crippen LogP contribution in [-0.4, -0.2) is 7.11 Å². The molecule has 0 aliphatic rings. The molecule has 0 aromatic heterocycles. The van der Waals surface area contributed by atoms with Crippen LogP contribution in [0, 0.1) is 12.7 Å². The van der Waals surface area contributed by atoms with Crippen LogP contribution in [0.25, 0.3) is 0 Å². The lowest BCUT2D eigenvalue weighted by Crippen LogP contribution is -2.03. The number of hydrogen-bond acceptors (Lipinski definition) is 2. The Hall–Kier alpha value is -1.07. The Balaban J connectivity index is 2.20. The molecule has 0 unspecified atom stereocenters. The lowest BCUT2D eigenvalue weighted by atomic mass is 10.1. The van der Waals surface area contributed by atoms with Crippen LogP contribution in [0.2, 0.25) is 0 Å². The van der Waals surface area contributed by atoms with E-state index in [1.54, 1.807) is 19.2 Å². The average Bonchev–Trinajstić information content (AvgIpc) is 2.41. The second-order valence-corrected chi connectivity index (χ2v) is 6.10. The zero-order valence-corrected chi connectivity index (χ0v) is 14.3. The first-order valence-electron chi connectivity index (χ1n) is 6.03. The molecule has 20 heavy (non-hydrogen) atoms. The van der Waals surface area contributed by atoms with Crippen molar-refractivity contribution in [2.75, 3.05) is 12.4 Å². The molecule has 0 aliphatic carbocycles. The molecule has 2 aromatic rings. The van der Waals surface area contributed by atoms with E-state index in [0.29, 0.717) is 6.54 Å². The number of ether oxygens (including phenoxy) is 1. The van der Waals surface area contributed by atoms with Gasteiger partial charge in [0.2, 0.25) is 0 Å². The van der Waals surface area contributed by atoms with Gasteiger partial charge < -0.3 is 10.1 Å². The van der Waals surface area contributed by atoms with Gasteiger partial charge >= 0.3 is 0 Å². The molecule has 0 spiro atoms. The van der Waals surface area contributed by atoms with E-state index in [1.807, 2.05) is 19.1 Å². The minimum Gasteiger partial charge on any atom is -0.495 e. The van der Waals surface area contributed by atoms with Gasteiger partial charge in [0.1, 0.15) is 11.6 Å². The van der Waals surface area contributed by atoms with Gasteiger partial charge in [-0.15, -0.1) is 0 Å². The third kappa shape index (κ3) is 3.52. The van der Waals surface area contributed by atoms with Gasteiger partial charge in [-0.2, -0.15) is 0 Å². The summed E-state index contributed by atoms with van der Waals surface area (Å²) in [6.45, 7) is 2.51. The third-order valence-electron chi connectivity index (χ3n) is 3.02. The van der Waals surface area contributed by atoms with Crippen molar-refractivity contribution in [1.82, 2.24) is 0 Å². The highest BCUT2D eigenvalue weighted by Gasteiger charge is 2.08. The van der Waals surface area contributed by atoms with Crippen LogP contribution >= 0.6 is 31.9 Å². The highest BCUT2D eigenvalue weighted by Crippen LogP contribution is 2.34. The molecule has 0 radical (unpaired) electrons. The van der Waals surface area contributed by atoms with E-state index >= 15 is 0 Å². The standard InChI is InChI=1S/C15H14Br2FNO/c1-9-3-4-11(18)5-10(9)8-19-14-7-15(20-2)13(17)6-12(14)16/h3-7,19H,8H2,1-2H3. The summed E-state index contributed by atoms with van der Waals surface area (Å²) in [5, 5.41) is 3.28. The molecule has 1 N–H and O–H groups in total. The van der Waals surface area contributed by atoms with Gasteiger partial charge in [0, 0.05) is 17.1 Å². The van der Waals surface area contributed by atoms with Crippen LogP contribution in [0.5, 0.6) is 5.75 Å². The molecule has 0 saturated heterocycles. The Bertz CT molecular complexity index is 632. The van der Waals surface area contributed by atoms with Gasteiger partial charge in [0.05, 0.1) is 17.3 Å². The van der Waals surface area contributed by atoms with Crippen molar-refractivity contribution in [3.05, 3.63) is 56.2 Å². The molecule has 0 saturated carbocycles. The van der Waals surface area contributed by atoms with E-state index in [1.165, 1.54) is 6.07 Å². The van der Waals surface area contributed by atoms with Crippen molar-refractivity contribution in [2.24, 2.45) is 0 Å². The van der Waals surface area contributed by atoms with Crippen LogP contribution in [0.4, 0.5) is 10.1 Å². The van der Waals surface area contributed by atoms with Crippen molar-refractivity contribution in [3.8, 4) is 5.75 Å². The van der Waals surface area contributed by atoms with E-state index < -0.39 is 0 Å². The van der Waals surface area contributed by atoms with Crippen molar-refractivity contribution in [2.45, 2.75) is 13.5 Å². The molecule has 2 aromatic carbocycles. The number of aryl methyl sites for hydroxylation is 1. The number of hydrogen-bond donors (Lipinski definition) is 1. The highest BCUT2D eigenvalue weighted by molar-refractivity contribution is 9.11. The second-order valence-electron chi connectivity index (χ2n) is 4.39. The minimum atomic E-state index is -0.222. The van der Waals surface area contributed by atoms with Gasteiger partial charge in [-0.05, 0) is 68.1 Å². The lowest BCUT2D eigenvalue weighted by molar-refractivity contribution is 0.412. The van der Waals surface area contributed by atoms with Gasteiger partial charge in [-0.1, -0.05) is 6.07 Å². The van der Waals surface area contributed by atoms with Crippen LogP contribution in [0.3, 0.4) is 0 Å². The Morgan fingerprint density at radius 3 is 2.60 bits per heavy atom. The normalized spacial score (nSPS) is 10.4. The maximum Gasteiger partial charge on any atom is 0.135 e. The molecule has 0 heterocycles. The van der Waals surface area contributed by atoms with E-state index in [4.69, 9.17) is 4.74 Å². The summed E-state index contributed by atoms with van der Waals surface area (Å²) in [5.74, 6) is 0.520. The summed E-state index contributed by atoms with van der Waals surface area (Å²) >= 11 is 6.92. The minimum absolute atomic E-state index is 0.222. The summed E-state index contributed by atoms with van der Waals surface area (Å²) in [6.07, 6.45) is 0. The zero-order chi connectivity index (χ0) is 14.7. The van der Waals surface area contributed by atoms with Crippen LogP contribution in [0.15, 0.2) is 39.3 Å². The Labute approximate surface area is 134 Å². The maximum absolute atomic E-state index is 13.3. The van der Waals surface area contributed by atoms with Crippen molar-refractivity contribution >= 4 is 37.5 Å². The fraction of sp³-hybridized carbons (Fsp3) is 0.200. The fourth-order valence-corrected chi connectivity index (χ4v) is 3.14. The monoisotopic (exact) mass is 401 g/mol. The predicted molar refractivity (Wildman–Crippen MR) is 86.9 cm³/mol. The number of anilines is 1. The van der Waals surface area contributed by atoms with Gasteiger partial charge in [-0.3, -0.25) is 0 Å². The first-order chi connectivity index (χ1) is 9.51. The van der Waals surface area contributed by atoms with Gasteiger partial charge in [0.25, 0.3) is 0 Å². The van der Waals surface area contributed by atoms with E-state index in [2.05, 4.69) is 37.2 Å². The number of methoxy groups -OCH3 is 1.